The van der Waals surface area contributed by atoms with Gasteiger partial charge in [-0.25, -0.2) is 0 Å². The Kier molecular flexibility index (Phi) is 9.28. The fourth-order valence-electron chi connectivity index (χ4n) is 14.1. The summed E-state index contributed by atoms with van der Waals surface area (Å²) in [5.41, 5.74) is 25.4. The number of ether oxygens (including phenoxy) is 1. The molecule has 9 heteroatoms. The van der Waals surface area contributed by atoms with Crippen molar-refractivity contribution in [2.45, 2.75) is 0 Å². The summed E-state index contributed by atoms with van der Waals surface area (Å²) in [4.78, 5) is 12.4. The van der Waals surface area contributed by atoms with Gasteiger partial charge in [0, 0.05) is 79.3 Å². The van der Waals surface area contributed by atoms with Gasteiger partial charge in [0.25, 0.3) is 13.4 Å². The fourth-order valence-corrected chi connectivity index (χ4v) is 14.1. The molecule has 0 N–H and O–H groups in total. The lowest BCUT2D eigenvalue weighted by molar-refractivity contribution is 0.483. The molecule has 376 valence electrons. The molecule has 0 bridgehead atoms. The average molecular weight is 1030 g/mol. The smallest absolute Gasteiger partial charge is 0.252 e. The van der Waals surface area contributed by atoms with Crippen LogP contribution in [-0.4, -0.2) is 13.4 Å². The first-order valence-corrected chi connectivity index (χ1v) is 27.8. The standard InChI is InChI=1S/C72H45B2N5O2/c1-7-22-46(23-8-1)75(47-24-9-2-10-25-47)52-38-40-55-59(42-52)77(50-30-15-5-16-31-50)61-45-62-68-71-67(61)73(55)57-35-21-37-64-69(57)79(71)70-58(44-65-66(72(70)81-64)54-34-19-20-36-63(54)80-65)74(68)56-41-39-53(43-60(56)78(62)51-32-17-6-18-33-51)76(48-26-11-3-12-27-48)49-28-13-4-14-29-49/h1-45H. The van der Waals surface area contributed by atoms with Crippen molar-refractivity contribution in [2.24, 2.45) is 0 Å². The van der Waals surface area contributed by atoms with Crippen LogP contribution in [0.15, 0.2) is 277 Å². The van der Waals surface area contributed by atoms with Crippen molar-refractivity contribution in [3.8, 4) is 11.5 Å². The molecule has 1 aromatic heterocycles. The molecule has 5 aliphatic heterocycles. The van der Waals surface area contributed by atoms with E-state index in [-0.39, 0.29) is 13.4 Å². The van der Waals surface area contributed by atoms with Crippen LogP contribution in [0.25, 0.3) is 21.9 Å². The Morgan fingerprint density at radius 2 is 0.778 bits per heavy atom. The van der Waals surface area contributed by atoms with Crippen LogP contribution in [0.3, 0.4) is 0 Å². The number of nitrogens with zero attached hydrogens (tertiary/aromatic N) is 5. The molecule has 81 heavy (non-hydrogen) atoms. The summed E-state index contributed by atoms with van der Waals surface area (Å²) in [6.45, 7) is -0.369. The molecule has 0 atom stereocenters. The molecule has 6 heterocycles. The van der Waals surface area contributed by atoms with Crippen molar-refractivity contribution >= 4 is 153 Å². The highest BCUT2D eigenvalue weighted by Gasteiger charge is 2.55. The summed E-state index contributed by atoms with van der Waals surface area (Å²) in [5, 5.41) is 2.02. The van der Waals surface area contributed by atoms with Crippen molar-refractivity contribution < 1.29 is 9.15 Å². The van der Waals surface area contributed by atoms with E-state index < -0.39 is 0 Å². The predicted octanol–water partition coefficient (Wildman–Crippen LogP) is 15.3. The van der Waals surface area contributed by atoms with Crippen LogP contribution >= 0.6 is 0 Å². The lowest BCUT2D eigenvalue weighted by Gasteiger charge is -2.52. The van der Waals surface area contributed by atoms with Gasteiger partial charge in [-0.1, -0.05) is 152 Å². The van der Waals surface area contributed by atoms with E-state index in [9.17, 15) is 0 Å². The Bertz CT molecular complexity index is 4640. The number of benzene rings is 12. The molecule has 0 radical (unpaired) electrons. The van der Waals surface area contributed by atoms with E-state index in [0.29, 0.717) is 0 Å². The van der Waals surface area contributed by atoms with Gasteiger partial charge in [-0.3, -0.25) is 0 Å². The molecule has 5 aliphatic rings. The van der Waals surface area contributed by atoms with Crippen molar-refractivity contribution in [3.05, 3.63) is 273 Å². The van der Waals surface area contributed by atoms with Gasteiger partial charge < -0.3 is 33.7 Å². The molecule has 13 aromatic rings. The molecule has 0 saturated heterocycles. The van der Waals surface area contributed by atoms with Crippen LogP contribution in [0.1, 0.15) is 0 Å². The highest BCUT2D eigenvalue weighted by Crippen LogP contribution is 2.59. The number of para-hydroxylation sites is 8. The Balaban J connectivity index is 0.977. The fraction of sp³-hybridized carbons (Fsp3) is 0. The number of anilines is 15. The van der Waals surface area contributed by atoms with E-state index in [2.05, 4.69) is 297 Å². The second-order valence-electron chi connectivity index (χ2n) is 21.5. The quantitative estimate of drug-likeness (QED) is 0.140. The van der Waals surface area contributed by atoms with Gasteiger partial charge in [0.15, 0.2) is 11.5 Å². The average Bonchev–Trinajstić information content (AvgIpc) is 1.82. The maximum atomic E-state index is 7.53. The maximum absolute atomic E-state index is 7.53. The van der Waals surface area contributed by atoms with Gasteiger partial charge in [0.1, 0.15) is 11.2 Å². The number of hydrogen-bond acceptors (Lipinski definition) is 7. The van der Waals surface area contributed by atoms with Crippen LogP contribution in [0, 0.1) is 0 Å². The monoisotopic (exact) mass is 1030 g/mol. The molecule has 7 nitrogen and oxygen atoms in total. The molecule has 0 amide bonds. The highest BCUT2D eigenvalue weighted by atomic mass is 16.5. The SMILES string of the molecule is c1ccc(N(c2ccccc2)c2ccc3c(c2)N(c2ccccc2)c2cc4c5c6c2B3c2cccc3c2N6c2c(cc6oc7ccccc7c6c2O3)B5c2ccc(N(c3ccccc3)c3ccccc3)cc2N4c2ccccc2)cc1. The Morgan fingerprint density at radius 1 is 0.309 bits per heavy atom. The minimum absolute atomic E-state index is 0.150. The minimum Gasteiger partial charge on any atom is -0.456 e. The lowest BCUT2D eigenvalue weighted by Crippen LogP contribution is -2.69. The van der Waals surface area contributed by atoms with E-state index in [0.717, 1.165) is 119 Å². The van der Waals surface area contributed by atoms with Crippen LogP contribution in [0.4, 0.5) is 85.3 Å². The summed E-state index contributed by atoms with van der Waals surface area (Å²) < 4.78 is 14.5. The van der Waals surface area contributed by atoms with Gasteiger partial charge in [-0.15, -0.1) is 0 Å². The molecular formula is C72H45B2N5O2. The van der Waals surface area contributed by atoms with Gasteiger partial charge >= 0.3 is 0 Å². The molecule has 12 aromatic carbocycles. The summed E-state index contributed by atoms with van der Waals surface area (Å²) in [7, 11) is 0. The Hall–Kier alpha value is -10.6. The van der Waals surface area contributed by atoms with Crippen LogP contribution in [-0.2, 0) is 0 Å². The molecule has 0 saturated carbocycles. The summed E-state index contributed by atoms with van der Waals surface area (Å²) in [5.74, 6) is 1.66. The zero-order valence-electron chi connectivity index (χ0n) is 43.7. The van der Waals surface area contributed by atoms with E-state index in [4.69, 9.17) is 9.15 Å². The van der Waals surface area contributed by atoms with E-state index >= 15 is 0 Å². The summed E-state index contributed by atoms with van der Waals surface area (Å²) in [6, 6.07) is 99.1. The number of hydrogen-bond donors (Lipinski definition) is 0. The third-order valence-corrected chi connectivity index (χ3v) is 17.3. The number of fused-ring (bicyclic) bond motifs is 10. The van der Waals surface area contributed by atoms with Gasteiger partial charge in [0.2, 0.25) is 0 Å². The van der Waals surface area contributed by atoms with E-state index in [1.807, 2.05) is 0 Å². The maximum Gasteiger partial charge on any atom is 0.252 e. The number of furan rings is 1. The van der Waals surface area contributed by atoms with Crippen molar-refractivity contribution in [2.75, 3.05) is 24.5 Å². The van der Waals surface area contributed by atoms with Crippen molar-refractivity contribution in [3.63, 3.8) is 0 Å². The molecule has 0 aliphatic carbocycles. The second kappa shape index (κ2) is 16.9. The first-order chi connectivity index (χ1) is 40.2. The first kappa shape index (κ1) is 44.4. The third kappa shape index (κ3) is 6.25. The lowest BCUT2D eigenvalue weighted by atomic mass is 9.28. The number of rotatable bonds is 8. The van der Waals surface area contributed by atoms with Gasteiger partial charge in [-0.2, -0.15) is 0 Å². The molecule has 18 rings (SSSR count). The minimum atomic E-state index is -0.218. The molecule has 0 spiro atoms. The normalized spacial score (nSPS) is 13.4. The topological polar surface area (TPSA) is 38.6 Å². The first-order valence-electron chi connectivity index (χ1n) is 27.8. The van der Waals surface area contributed by atoms with Gasteiger partial charge in [-0.05, 0) is 154 Å². The summed E-state index contributed by atoms with van der Waals surface area (Å²) >= 11 is 0. The van der Waals surface area contributed by atoms with E-state index in [1.54, 1.807) is 0 Å². The predicted molar refractivity (Wildman–Crippen MR) is 337 cm³/mol. The third-order valence-electron chi connectivity index (χ3n) is 17.3. The van der Waals surface area contributed by atoms with Crippen LogP contribution < -0.4 is 62.0 Å². The second-order valence-corrected chi connectivity index (χ2v) is 21.5. The molecule has 0 fully saturated rings. The van der Waals surface area contributed by atoms with Crippen LogP contribution in [0.2, 0.25) is 0 Å². The molecule has 0 unspecified atom stereocenters. The van der Waals surface area contributed by atoms with E-state index in [1.165, 1.54) is 33.0 Å². The van der Waals surface area contributed by atoms with Crippen LogP contribution in [0.5, 0.6) is 11.5 Å². The molecular weight excluding hydrogens is 988 g/mol. The van der Waals surface area contributed by atoms with Crippen molar-refractivity contribution in [1.29, 1.82) is 0 Å². The highest BCUT2D eigenvalue weighted by molar-refractivity contribution is 7.05. The Labute approximate surface area is 469 Å². The summed E-state index contributed by atoms with van der Waals surface area (Å²) in [6.07, 6.45) is 0. The van der Waals surface area contributed by atoms with Gasteiger partial charge in [0.05, 0.1) is 16.8 Å². The zero-order valence-corrected chi connectivity index (χ0v) is 43.7. The zero-order chi connectivity index (χ0) is 52.9. The van der Waals surface area contributed by atoms with Crippen molar-refractivity contribution in [1.82, 2.24) is 0 Å². The Morgan fingerprint density at radius 3 is 1.30 bits per heavy atom. The largest absolute Gasteiger partial charge is 0.456 e.